The second-order valence-electron chi connectivity index (χ2n) is 5.77. The van der Waals surface area contributed by atoms with Gasteiger partial charge in [-0.25, -0.2) is 4.39 Å². The lowest BCUT2D eigenvalue weighted by Gasteiger charge is -2.25. The van der Waals surface area contributed by atoms with E-state index in [0.717, 1.165) is 42.2 Å². The Morgan fingerprint density at radius 2 is 2.00 bits per heavy atom. The quantitative estimate of drug-likeness (QED) is 0.926. The predicted molar refractivity (Wildman–Crippen MR) is 90.2 cm³/mol. The first-order valence-electron chi connectivity index (χ1n) is 7.61. The summed E-state index contributed by atoms with van der Waals surface area (Å²) in [6.07, 6.45) is 1.99. The molecule has 0 fully saturated rings. The second-order valence-corrected chi connectivity index (χ2v) is 6.18. The summed E-state index contributed by atoms with van der Waals surface area (Å²) >= 11 is 6.47. The van der Waals surface area contributed by atoms with Crippen molar-refractivity contribution in [1.29, 1.82) is 0 Å². The van der Waals surface area contributed by atoms with Crippen LogP contribution in [0.1, 0.15) is 16.7 Å². The maximum absolute atomic E-state index is 13.4. The van der Waals surface area contributed by atoms with Crippen molar-refractivity contribution in [2.45, 2.75) is 19.4 Å². The zero-order valence-electron chi connectivity index (χ0n) is 12.7. The molecular formula is C18H20ClFN2. The van der Waals surface area contributed by atoms with E-state index in [1.807, 2.05) is 19.2 Å². The van der Waals surface area contributed by atoms with Crippen LogP contribution in [-0.2, 0) is 19.4 Å². The van der Waals surface area contributed by atoms with Gasteiger partial charge >= 0.3 is 0 Å². The fraction of sp³-hybridized carbons (Fsp3) is 0.333. The third-order valence-electron chi connectivity index (χ3n) is 4.14. The van der Waals surface area contributed by atoms with Crippen molar-refractivity contribution in [1.82, 2.24) is 5.32 Å². The molecule has 0 saturated carbocycles. The standard InChI is InChI=1S/C18H20ClFN2/c1-22(12-13-3-2-4-15(20)11-13)18-16-8-10-21-9-7-14(16)5-6-17(18)19/h2-6,11,21H,7-10,12H2,1H3. The Bertz CT molecular complexity index is 672. The van der Waals surface area contributed by atoms with E-state index in [1.54, 1.807) is 12.1 Å². The maximum Gasteiger partial charge on any atom is 0.123 e. The molecule has 0 unspecified atom stereocenters. The molecule has 116 valence electrons. The molecule has 0 amide bonds. The molecule has 0 bridgehead atoms. The van der Waals surface area contributed by atoms with Crippen LogP contribution in [0.25, 0.3) is 0 Å². The van der Waals surface area contributed by atoms with Gasteiger partial charge in [-0.2, -0.15) is 0 Å². The van der Waals surface area contributed by atoms with Crippen LogP contribution in [-0.4, -0.2) is 20.1 Å². The minimum atomic E-state index is -0.201. The highest BCUT2D eigenvalue weighted by atomic mass is 35.5. The Labute approximate surface area is 135 Å². The first-order valence-corrected chi connectivity index (χ1v) is 7.99. The van der Waals surface area contributed by atoms with Gasteiger partial charge in [0.05, 0.1) is 10.7 Å². The normalized spacial score (nSPS) is 14.3. The van der Waals surface area contributed by atoms with E-state index in [0.29, 0.717) is 6.54 Å². The highest BCUT2D eigenvalue weighted by Crippen LogP contribution is 2.34. The summed E-state index contributed by atoms with van der Waals surface area (Å²) < 4.78 is 13.4. The number of rotatable bonds is 3. The summed E-state index contributed by atoms with van der Waals surface area (Å²) in [6, 6.07) is 10.8. The van der Waals surface area contributed by atoms with Crippen molar-refractivity contribution in [2.24, 2.45) is 0 Å². The summed E-state index contributed by atoms with van der Waals surface area (Å²) in [4.78, 5) is 2.13. The summed E-state index contributed by atoms with van der Waals surface area (Å²) in [5, 5.41) is 4.19. The third kappa shape index (κ3) is 3.26. The average Bonchev–Trinajstić information content (AvgIpc) is 2.72. The number of nitrogens with one attached hydrogen (secondary N) is 1. The highest BCUT2D eigenvalue weighted by molar-refractivity contribution is 6.33. The molecule has 0 saturated heterocycles. The van der Waals surface area contributed by atoms with Crippen molar-refractivity contribution >= 4 is 17.3 Å². The van der Waals surface area contributed by atoms with E-state index < -0.39 is 0 Å². The molecule has 2 aromatic carbocycles. The van der Waals surface area contributed by atoms with Crippen molar-refractivity contribution in [3.05, 3.63) is 63.9 Å². The molecule has 2 nitrogen and oxygen atoms in total. The van der Waals surface area contributed by atoms with Crippen LogP contribution in [0.4, 0.5) is 10.1 Å². The molecule has 0 radical (unpaired) electrons. The van der Waals surface area contributed by atoms with Gasteiger partial charge in [0.15, 0.2) is 0 Å². The second kappa shape index (κ2) is 6.67. The summed E-state index contributed by atoms with van der Waals surface area (Å²) in [5.41, 5.74) is 4.70. The van der Waals surface area contributed by atoms with Gasteiger partial charge in [-0.1, -0.05) is 29.8 Å². The summed E-state index contributed by atoms with van der Waals surface area (Å²) in [6.45, 7) is 2.61. The lowest BCUT2D eigenvalue weighted by atomic mass is 10.00. The fourth-order valence-corrected chi connectivity index (χ4v) is 3.45. The minimum Gasteiger partial charge on any atom is -0.369 e. The van der Waals surface area contributed by atoms with Crippen LogP contribution < -0.4 is 10.2 Å². The van der Waals surface area contributed by atoms with E-state index in [2.05, 4.69) is 16.3 Å². The van der Waals surface area contributed by atoms with Crippen LogP contribution >= 0.6 is 11.6 Å². The van der Waals surface area contributed by atoms with E-state index in [-0.39, 0.29) is 5.82 Å². The zero-order valence-corrected chi connectivity index (χ0v) is 13.5. The number of benzene rings is 2. The number of hydrogen-bond acceptors (Lipinski definition) is 2. The van der Waals surface area contributed by atoms with Crippen molar-refractivity contribution in [2.75, 3.05) is 25.0 Å². The molecule has 0 aliphatic carbocycles. The highest BCUT2D eigenvalue weighted by Gasteiger charge is 2.17. The number of halogens is 2. The van der Waals surface area contributed by atoms with E-state index >= 15 is 0 Å². The van der Waals surface area contributed by atoms with E-state index in [4.69, 9.17) is 11.6 Å². The first kappa shape index (κ1) is 15.3. The van der Waals surface area contributed by atoms with Gasteiger partial charge < -0.3 is 10.2 Å². The fourth-order valence-electron chi connectivity index (χ4n) is 3.13. The molecule has 0 atom stereocenters. The summed E-state index contributed by atoms with van der Waals surface area (Å²) in [5.74, 6) is -0.201. The van der Waals surface area contributed by atoms with Crippen molar-refractivity contribution in [3.8, 4) is 0 Å². The van der Waals surface area contributed by atoms with Crippen LogP contribution in [0, 0.1) is 5.82 Å². The molecule has 1 aliphatic rings. The van der Waals surface area contributed by atoms with Crippen LogP contribution in [0.5, 0.6) is 0 Å². The number of nitrogens with zero attached hydrogens (tertiary/aromatic N) is 1. The van der Waals surface area contributed by atoms with Crippen LogP contribution in [0.3, 0.4) is 0 Å². The summed E-state index contributed by atoms with van der Waals surface area (Å²) in [7, 11) is 2.02. The Balaban J connectivity index is 1.93. The monoisotopic (exact) mass is 318 g/mol. The Hall–Kier alpha value is -1.58. The first-order chi connectivity index (χ1) is 10.6. The van der Waals surface area contributed by atoms with Gasteiger partial charge in [-0.05, 0) is 60.8 Å². The minimum absolute atomic E-state index is 0.201. The molecule has 3 rings (SSSR count). The number of anilines is 1. The van der Waals surface area contributed by atoms with Crippen molar-refractivity contribution < 1.29 is 4.39 Å². The predicted octanol–water partition coefficient (Wildman–Crippen LogP) is 3.80. The number of hydrogen-bond donors (Lipinski definition) is 1. The van der Waals surface area contributed by atoms with Crippen LogP contribution in [0.2, 0.25) is 5.02 Å². The molecule has 22 heavy (non-hydrogen) atoms. The van der Waals surface area contributed by atoms with Gasteiger partial charge in [0.1, 0.15) is 5.82 Å². The van der Waals surface area contributed by atoms with E-state index in [1.165, 1.54) is 17.2 Å². The number of fused-ring (bicyclic) bond motifs is 1. The molecule has 1 N–H and O–H groups in total. The van der Waals surface area contributed by atoms with Crippen molar-refractivity contribution in [3.63, 3.8) is 0 Å². The molecule has 1 aliphatic heterocycles. The largest absolute Gasteiger partial charge is 0.369 e. The van der Waals surface area contributed by atoms with Gasteiger partial charge in [0.2, 0.25) is 0 Å². The van der Waals surface area contributed by atoms with Gasteiger partial charge in [-0.15, -0.1) is 0 Å². The topological polar surface area (TPSA) is 15.3 Å². The van der Waals surface area contributed by atoms with Crippen LogP contribution in [0.15, 0.2) is 36.4 Å². The molecular weight excluding hydrogens is 299 g/mol. The molecule has 4 heteroatoms. The zero-order chi connectivity index (χ0) is 15.5. The van der Waals surface area contributed by atoms with Gasteiger partial charge in [0.25, 0.3) is 0 Å². The smallest absolute Gasteiger partial charge is 0.123 e. The lowest BCUT2D eigenvalue weighted by Crippen LogP contribution is -2.20. The maximum atomic E-state index is 13.4. The average molecular weight is 319 g/mol. The molecule has 0 aromatic heterocycles. The van der Waals surface area contributed by atoms with Gasteiger partial charge in [0, 0.05) is 13.6 Å². The Morgan fingerprint density at radius 3 is 2.82 bits per heavy atom. The van der Waals surface area contributed by atoms with E-state index in [9.17, 15) is 4.39 Å². The van der Waals surface area contributed by atoms with Gasteiger partial charge in [-0.3, -0.25) is 0 Å². The molecule has 0 spiro atoms. The molecule has 1 heterocycles. The Morgan fingerprint density at radius 1 is 1.18 bits per heavy atom. The third-order valence-corrected chi connectivity index (χ3v) is 4.45. The molecule has 2 aromatic rings. The lowest BCUT2D eigenvalue weighted by molar-refractivity contribution is 0.625. The SMILES string of the molecule is CN(Cc1cccc(F)c1)c1c(Cl)ccc2c1CCNCC2. The Kier molecular flexibility index (Phi) is 4.65.